The summed E-state index contributed by atoms with van der Waals surface area (Å²) in [5.74, 6) is 0.0156. The molecule has 20 heavy (non-hydrogen) atoms. The Morgan fingerprint density at radius 1 is 1.35 bits per heavy atom. The van der Waals surface area contributed by atoms with Crippen LogP contribution in [0.25, 0.3) is 0 Å². The zero-order valence-corrected chi connectivity index (χ0v) is 12.2. The number of anilines is 2. The Hall–Kier alpha value is -1.82. The summed E-state index contributed by atoms with van der Waals surface area (Å²) in [7, 11) is 0. The Kier molecular flexibility index (Phi) is 6.24. The Morgan fingerprint density at radius 3 is 2.55 bits per heavy atom. The average Bonchev–Trinajstić information content (AvgIpc) is 2.43. The van der Waals surface area contributed by atoms with Crippen LogP contribution >= 0.6 is 0 Å². The molecule has 1 aromatic rings. The highest BCUT2D eigenvalue weighted by atomic mass is 16.6. The van der Waals surface area contributed by atoms with E-state index < -0.39 is 0 Å². The molecule has 2 unspecified atom stereocenters. The third kappa shape index (κ3) is 4.09. The minimum atomic E-state index is -0.378. The average molecular weight is 281 g/mol. The van der Waals surface area contributed by atoms with Gasteiger partial charge in [0.2, 0.25) is 0 Å². The van der Waals surface area contributed by atoms with Crippen molar-refractivity contribution >= 4 is 17.1 Å². The monoisotopic (exact) mass is 281 g/mol. The SMILES string of the molecule is CCCNc1cccc(NC(C)C(C)CO)c1[N+](=O)[O-]. The third-order valence-electron chi connectivity index (χ3n) is 3.31. The van der Waals surface area contributed by atoms with E-state index in [1.807, 2.05) is 20.8 Å². The number of hydrogen-bond acceptors (Lipinski definition) is 5. The molecule has 1 aromatic carbocycles. The predicted molar refractivity (Wildman–Crippen MR) is 81.2 cm³/mol. The van der Waals surface area contributed by atoms with Gasteiger partial charge in [0, 0.05) is 19.2 Å². The third-order valence-corrected chi connectivity index (χ3v) is 3.31. The van der Waals surface area contributed by atoms with Crippen LogP contribution in [0, 0.1) is 16.0 Å². The highest BCUT2D eigenvalue weighted by Gasteiger charge is 2.21. The molecule has 0 heterocycles. The van der Waals surface area contributed by atoms with Gasteiger partial charge < -0.3 is 15.7 Å². The fraction of sp³-hybridized carbons (Fsp3) is 0.571. The lowest BCUT2D eigenvalue weighted by molar-refractivity contribution is -0.383. The summed E-state index contributed by atoms with van der Waals surface area (Å²) in [4.78, 5) is 10.9. The molecule has 0 aromatic heterocycles. The first-order chi connectivity index (χ1) is 9.51. The van der Waals surface area contributed by atoms with Crippen LogP contribution in [0.1, 0.15) is 27.2 Å². The number of aliphatic hydroxyl groups excluding tert-OH is 1. The highest BCUT2D eigenvalue weighted by Crippen LogP contribution is 2.33. The van der Waals surface area contributed by atoms with Crippen molar-refractivity contribution in [2.24, 2.45) is 5.92 Å². The van der Waals surface area contributed by atoms with Gasteiger partial charge in [-0.3, -0.25) is 10.1 Å². The quantitative estimate of drug-likeness (QED) is 0.504. The van der Waals surface area contributed by atoms with Crippen molar-refractivity contribution in [1.82, 2.24) is 0 Å². The zero-order valence-electron chi connectivity index (χ0n) is 12.2. The minimum absolute atomic E-state index is 0.0156. The molecule has 0 spiro atoms. The summed E-state index contributed by atoms with van der Waals surface area (Å²) < 4.78 is 0. The summed E-state index contributed by atoms with van der Waals surface area (Å²) in [6.45, 7) is 6.52. The first-order valence-corrected chi connectivity index (χ1v) is 6.89. The van der Waals surface area contributed by atoms with E-state index in [0.29, 0.717) is 17.9 Å². The topological polar surface area (TPSA) is 87.4 Å². The number of rotatable bonds is 8. The van der Waals surface area contributed by atoms with Gasteiger partial charge in [-0.25, -0.2) is 0 Å². The van der Waals surface area contributed by atoms with Crippen LogP contribution in [0.3, 0.4) is 0 Å². The number of para-hydroxylation sites is 1. The van der Waals surface area contributed by atoms with E-state index >= 15 is 0 Å². The van der Waals surface area contributed by atoms with Gasteiger partial charge in [0.1, 0.15) is 11.4 Å². The van der Waals surface area contributed by atoms with Gasteiger partial charge in [-0.2, -0.15) is 0 Å². The van der Waals surface area contributed by atoms with Crippen LogP contribution in [0.15, 0.2) is 18.2 Å². The molecule has 2 atom stereocenters. The molecule has 0 amide bonds. The summed E-state index contributed by atoms with van der Waals surface area (Å²) in [5, 5.41) is 26.6. The maximum atomic E-state index is 11.3. The van der Waals surface area contributed by atoms with Crippen molar-refractivity contribution in [2.75, 3.05) is 23.8 Å². The van der Waals surface area contributed by atoms with Crippen molar-refractivity contribution in [1.29, 1.82) is 0 Å². The fourth-order valence-corrected chi connectivity index (χ4v) is 1.80. The Balaban J connectivity index is 3.03. The summed E-state index contributed by atoms with van der Waals surface area (Å²) in [6.07, 6.45) is 0.896. The molecule has 0 saturated carbocycles. The van der Waals surface area contributed by atoms with Gasteiger partial charge in [0.05, 0.1) is 4.92 Å². The van der Waals surface area contributed by atoms with Gasteiger partial charge in [0.25, 0.3) is 0 Å². The van der Waals surface area contributed by atoms with E-state index in [0.717, 1.165) is 6.42 Å². The number of nitrogens with zero attached hydrogens (tertiary/aromatic N) is 1. The number of benzene rings is 1. The molecule has 3 N–H and O–H groups in total. The summed E-state index contributed by atoms with van der Waals surface area (Å²) in [6, 6.07) is 5.12. The molecule has 0 aliphatic carbocycles. The first kappa shape index (κ1) is 16.2. The number of nitro benzene ring substituents is 1. The Labute approximate surface area is 119 Å². The standard InChI is InChI=1S/C14H23N3O3/c1-4-8-15-12-6-5-7-13(14(12)17(19)20)16-11(3)10(2)9-18/h5-7,10-11,15-16,18H,4,8-9H2,1-3H3. The molecule has 0 aliphatic heterocycles. The molecule has 1 rings (SSSR count). The largest absolute Gasteiger partial charge is 0.396 e. The first-order valence-electron chi connectivity index (χ1n) is 6.89. The van der Waals surface area contributed by atoms with Gasteiger partial charge >= 0.3 is 5.69 Å². The van der Waals surface area contributed by atoms with E-state index in [4.69, 9.17) is 5.11 Å². The second-order valence-electron chi connectivity index (χ2n) is 4.98. The van der Waals surface area contributed by atoms with E-state index in [9.17, 15) is 10.1 Å². The fourth-order valence-electron chi connectivity index (χ4n) is 1.80. The van der Waals surface area contributed by atoms with Crippen molar-refractivity contribution < 1.29 is 10.0 Å². The van der Waals surface area contributed by atoms with Crippen LogP contribution < -0.4 is 10.6 Å². The second kappa shape index (κ2) is 7.69. The highest BCUT2D eigenvalue weighted by molar-refractivity contribution is 5.76. The number of nitro groups is 1. The molecule has 0 aliphatic rings. The van der Waals surface area contributed by atoms with Gasteiger partial charge in [-0.1, -0.05) is 19.9 Å². The molecule has 0 saturated heterocycles. The van der Waals surface area contributed by atoms with E-state index in [1.54, 1.807) is 18.2 Å². The molecule has 0 bridgehead atoms. The Bertz CT molecular complexity index is 451. The normalized spacial score (nSPS) is 13.6. The summed E-state index contributed by atoms with van der Waals surface area (Å²) in [5.41, 5.74) is 1.05. The maximum Gasteiger partial charge on any atom is 0.315 e. The predicted octanol–water partition coefficient (Wildman–Crippen LogP) is 2.85. The van der Waals surface area contributed by atoms with Crippen molar-refractivity contribution in [3.05, 3.63) is 28.3 Å². The second-order valence-corrected chi connectivity index (χ2v) is 4.98. The molecular formula is C14H23N3O3. The maximum absolute atomic E-state index is 11.3. The molecule has 6 nitrogen and oxygen atoms in total. The molecule has 112 valence electrons. The van der Waals surface area contributed by atoms with Crippen molar-refractivity contribution in [3.8, 4) is 0 Å². The van der Waals surface area contributed by atoms with E-state index in [1.165, 1.54) is 0 Å². The van der Waals surface area contributed by atoms with E-state index in [-0.39, 0.29) is 29.2 Å². The van der Waals surface area contributed by atoms with Crippen LogP contribution in [0.2, 0.25) is 0 Å². The van der Waals surface area contributed by atoms with Crippen molar-refractivity contribution in [2.45, 2.75) is 33.2 Å². The number of aliphatic hydroxyl groups is 1. The summed E-state index contributed by atoms with van der Waals surface area (Å²) >= 11 is 0. The smallest absolute Gasteiger partial charge is 0.315 e. The number of nitrogens with one attached hydrogen (secondary N) is 2. The lowest BCUT2D eigenvalue weighted by Gasteiger charge is -2.21. The van der Waals surface area contributed by atoms with Gasteiger partial charge in [-0.05, 0) is 31.4 Å². The molecular weight excluding hydrogens is 258 g/mol. The van der Waals surface area contributed by atoms with Crippen LogP contribution in [-0.4, -0.2) is 29.2 Å². The van der Waals surface area contributed by atoms with Gasteiger partial charge in [-0.15, -0.1) is 0 Å². The number of hydrogen-bond donors (Lipinski definition) is 3. The van der Waals surface area contributed by atoms with Gasteiger partial charge in [0.15, 0.2) is 0 Å². The minimum Gasteiger partial charge on any atom is -0.396 e. The zero-order chi connectivity index (χ0) is 15.1. The van der Waals surface area contributed by atoms with Crippen LogP contribution in [-0.2, 0) is 0 Å². The van der Waals surface area contributed by atoms with Crippen LogP contribution in [0.5, 0.6) is 0 Å². The van der Waals surface area contributed by atoms with E-state index in [2.05, 4.69) is 10.6 Å². The van der Waals surface area contributed by atoms with Crippen molar-refractivity contribution in [3.63, 3.8) is 0 Å². The molecule has 6 heteroatoms. The Morgan fingerprint density at radius 2 is 2.00 bits per heavy atom. The van der Waals surface area contributed by atoms with Crippen LogP contribution in [0.4, 0.5) is 17.1 Å². The molecule has 0 radical (unpaired) electrons. The molecule has 0 fully saturated rings. The lowest BCUT2D eigenvalue weighted by atomic mass is 10.0. The lowest BCUT2D eigenvalue weighted by Crippen LogP contribution is -2.26.